The fraction of sp³-hybridized carbons (Fsp3) is 0.125. The van der Waals surface area contributed by atoms with E-state index < -0.39 is 10.6 Å². The lowest BCUT2D eigenvalue weighted by molar-refractivity contribution is -0.402. The zero-order valence-corrected chi connectivity index (χ0v) is 8.68. The second kappa shape index (κ2) is 4.04. The summed E-state index contributed by atoms with van der Waals surface area (Å²) in [4.78, 5) is 21.0. The SMILES string of the molecule is Cn1ncn(/N=C/c2ccc([N+](=O)[O-])o2)c1=O. The molecule has 9 nitrogen and oxygen atoms in total. The maximum Gasteiger partial charge on any atom is 0.433 e. The first kappa shape index (κ1) is 10.8. The summed E-state index contributed by atoms with van der Waals surface area (Å²) in [5.41, 5.74) is -0.428. The molecule has 0 aliphatic rings. The Morgan fingerprint density at radius 3 is 2.88 bits per heavy atom. The Labute approximate surface area is 93.7 Å². The van der Waals surface area contributed by atoms with Crippen molar-refractivity contribution < 1.29 is 9.34 Å². The summed E-state index contributed by atoms with van der Waals surface area (Å²) in [5, 5.41) is 17.8. The van der Waals surface area contributed by atoms with E-state index in [1.807, 2.05) is 0 Å². The first-order valence-electron chi connectivity index (χ1n) is 4.47. The van der Waals surface area contributed by atoms with Crippen LogP contribution in [0.5, 0.6) is 0 Å². The van der Waals surface area contributed by atoms with Crippen molar-refractivity contribution in [1.82, 2.24) is 14.5 Å². The Bertz CT molecular complexity index is 634. The van der Waals surface area contributed by atoms with Crippen LogP contribution in [-0.2, 0) is 7.05 Å². The van der Waals surface area contributed by atoms with E-state index in [1.54, 1.807) is 0 Å². The van der Waals surface area contributed by atoms with E-state index in [0.29, 0.717) is 0 Å². The van der Waals surface area contributed by atoms with Gasteiger partial charge in [-0.25, -0.2) is 9.48 Å². The topological polar surface area (TPSA) is 108 Å². The smallest absolute Gasteiger partial charge is 0.400 e. The minimum absolute atomic E-state index is 0.174. The van der Waals surface area contributed by atoms with Gasteiger partial charge in [-0.2, -0.15) is 14.9 Å². The van der Waals surface area contributed by atoms with Gasteiger partial charge >= 0.3 is 11.6 Å². The number of hydrogen-bond donors (Lipinski definition) is 0. The van der Waals surface area contributed by atoms with E-state index >= 15 is 0 Å². The molecule has 2 heterocycles. The number of furan rings is 1. The van der Waals surface area contributed by atoms with Gasteiger partial charge in [0.25, 0.3) is 0 Å². The molecule has 9 heteroatoms. The maximum absolute atomic E-state index is 11.3. The monoisotopic (exact) mass is 237 g/mol. The Morgan fingerprint density at radius 2 is 2.35 bits per heavy atom. The van der Waals surface area contributed by atoms with E-state index in [2.05, 4.69) is 10.2 Å². The van der Waals surface area contributed by atoms with Crippen LogP contribution in [0, 0.1) is 10.1 Å². The summed E-state index contributed by atoms with van der Waals surface area (Å²) < 4.78 is 6.90. The third-order valence-corrected chi connectivity index (χ3v) is 1.91. The molecule has 0 N–H and O–H groups in total. The standard InChI is InChI=1S/C8H7N5O4/c1-11-8(14)12(5-10-11)9-4-6-2-3-7(17-6)13(15)16/h2-5H,1H3/b9-4+. The van der Waals surface area contributed by atoms with Gasteiger partial charge in [0.1, 0.15) is 11.3 Å². The molecule has 0 amide bonds. The first-order chi connectivity index (χ1) is 8.08. The van der Waals surface area contributed by atoms with Crippen LogP contribution in [-0.4, -0.2) is 25.6 Å². The van der Waals surface area contributed by atoms with Crippen LogP contribution in [0.4, 0.5) is 5.88 Å². The van der Waals surface area contributed by atoms with E-state index in [4.69, 9.17) is 4.42 Å². The molecule has 88 valence electrons. The van der Waals surface area contributed by atoms with Crippen LogP contribution in [0.2, 0.25) is 0 Å². The highest BCUT2D eigenvalue weighted by molar-refractivity contribution is 5.76. The summed E-state index contributed by atoms with van der Waals surface area (Å²) >= 11 is 0. The van der Waals surface area contributed by atoms with Crippen LogP contribution in [0.25, 0.3) is 0 Å². The number of hydrogen-bond acceptors (Lipinski definition) is 6. The average molecular weight is 237 g/mol. The lowest BCUT2D eigenvalue weighted by Crippen LogP contribution is -2.19. The average Bonchev–Trinajstić information content (AvgIpc) is 2.86. The Morgan fingerprint density at radius 1 is 1.59 bits per heavy atom. The molecule has 0 fully saturated rings. The first-order valence-corrected chi connectivity index (χ1v) is 4.47. The van der Waals surface area contributed by atoms with Crippen LogP contribution in [0.1, 0.15) is 5.76 Å². The number of nitrogens with zero attached hydrogens (tertiary/aromatic N) is 5. The van der Waals surface area contributed by atoms with Gasteiger partial charge in [-0.3, -0.25) is 10.1 Å². The van der Waals surface area contributed by atoms with Crippen molar-refractivity contribution in [3.8, 4) is 0 Å². The Balaban J connectivity index is 2.23. The van der Waals surface area contributed by atoms with Gasteiger partial charge in [0, 0.05) is 7.05 Å². The number of aromatic nitrogens is 3. The molecule has 0 saturated carbocycles. The molecule has 0 spiro atoms. The molecular weight excluding hydrogens is 230 g/mol. The highest BCUT2D eigenvalue weighted by Crippen LogP contribution is 2.13. The lowest BCUT2D eigenvalue weighted by Gasteiger charge is -1.86. The maximum atomic E-state index is 11.3. The minimum Gasteiger partial charge on any atom is -0.400 e. The van der Waals surface area contributed by atoms with E-state index in [0.717, 1.165) is 9.36 Å². The predicted molar refractivity (Wildman–Crippen MR) is 55.8 cm³/mol. The summed E-state index contributed by atoms with van der Waals surface area (Å²) in [5.74, 6) is -0.211. The summed E-state index contributed by atoms with van der Waals surface area (Å²) in [7, 11) is 1.48. The van der Waals surface area contributed by atoms with E-state index in [1.165, 1.54) is 31.7 Å². The van der Waals surface area contributed by atoms with E-state index in [9.17, 15) is 14.9 Å². The van der Waals surface area contributed by atoms with Crippen molar-refractivity contribution in [2.45, 2.75) is 0 Å². The van der Waals surface area contributed by atoms with Crippen molar-refractivity contribution in [2.24, 2.45) is 12.1 Å². The fourth-order valence-corrected chi connectivity index (χ4v) is 1.08. The van der Waals surface area contributed by atoms with Crippen molar-refractivity contribution in [3.63, 3.8) is 0 Å². The van der Waals surface area contributed by atoms with Crippen LogP contribution < -0.4 is 5.69 Å². The van der Waals surface area contributed by atoms with Crippen LogP contribution in [0.15, 0.2) is 32.8 Å². The fourth-order valence-electron chi connectivity index (χ4n) is 1.08. The molecule has 0 radical (unpaired) electrons. The molecule has 0 bridgehead atoms. The van der Waals surface area contributed by atoms with Gasteiger partial charge in [-0.15, -0.1) is 0 Å². The van der Waals surface area contributed by atoms with Crippen LogP contribution >= 0.6 is 0 Å². The second-order valence-corrected chi connectivity index (χ2v) is 3.06. The van der Waals surface area contributed by atoms with Gasteiger partial charge < -0.3 is 4.42 Å². The zero-order valence-electron chi connectivity index (χ0n) is 8.68. The Hall–Kier alpha value is -2.71. The Kier molecular flexibility index (Phi) is 2.57. The highest BCUT2D eigenvalue weighted by atomic mass is 16.6. The summed E-state index contributed by atoms with van der Waals surface area (Å²) in [6.07, 6.45) is 2.41. The molecule has 17 heavy (non-hydrogen) atoms. The third kappa shape index (κ3) is 2.12. The third-order valence-electron chi connectivity index (χ3n) is 1.91. The normalized spacial score (nSPS) is 11.1. The second-order valence-electron chi connectivity index (χ2n) is 3.06. The number of rotatable bonds is 3. The van der Waals surface area contributed by atoms with Crippen molar-refractivity contribution in [3.05, 3.63) is 44.8 Å². The molecule has 2 aromatic rings. The molecule has 0 saturated heterocycles. The lowest BCUT2D eigenvalue weighted by atomic mass is 10.5. The molecule has 2 rings (SSSR count). The summed E-state index contributed by atoms with van der Waals surface area (Å²) in [6.45, 7) is 0. The molecule has 0 aliphatic carbocycles. The van der Waals surface area contributed by atoms with Gasteiger partial charge in [0.2, 0.25) is 0 Å². The van der Waals surface area contributed by atoms with Crippen molar-refractivity contribution in [1.29, 1.82) is 0 Å². The largest absolute Gasteiger partial charge is 0.433 e. The van der Waals surface area contributed by atoms with Gasteiger partial charge in [0.15, 0.2) is 5.76 Å². The molecule has 0 unspecified atom stereocenters. The molecular formula is C8H7N5O4. The van der Waals surface area contributed by atoms with Crippen molar-refractivity contribution >= 4 is 12.1 Å². The molecule has 0 atom stereocenters. The molecule has 2 aromatic heterocycles. The number of nitro groups is 1. The van der Waals surface area contributed by atoms with E-state index in [-0.39, 0.29) is 11.6 Å². The quantitative estimate of drug-likeness (QED) is 0.423. The predicted octanol–water partition coefficient (Wildman–Crippen LogP) is -0.0348. The molecule has 0 aromatic carbocycles. The molecule has 0 aliphatic heterocycles. The van der Waals surface area contributed by atoms with Crippen LogP contribution in [0.3, 0.4) is 0 Å². The summed E-state index contributed by atoms with van der Waals surface area (Å²) in [6, 6.07) is 2.58. The van der Waals surface area contributed by atoms with Gasteiger partial charge in [-0.05, 0) is 6.07 Å². The number of aryl methyl sites for hydroxylation is 1. The highest BCUT2D eigenvalue weighted by Gasteiger charge is 2.10. The van der Waals surface area contributed by atoms with Gasteiger partial charge in [0.05, 0.1) is 12.3 Å². The van der Waals surface area contributed by atoms with Gasteiger partial charge in [-0.1, -0.05) is 0 Å². The minimum atomic E-state index is -0.659. The van der Waals surface area contributed by atoms with Crippen molar-refractivity contribution in [2.75, 3.05) is 0 Å². The zero-order chi connectivity index (χ0) is 12.4.